The van der Waals surface area contributed by atoms with E-state index in [2.05, 4.69) is 16.7 Å². The summed E-state index contributed by atoms with van der Waals surface area (Å²) < 4.78 is 2.21. The zero-order valence-electron chi connectivity index (χ0n) is 11.0. The molecule has 1 heterocycles. The Morgan fingerprint density at radius 2 is 2.06 bits per heavy atom. The van der Waals surface area contributed by atoms with Gasteiger partial charge in [-0.25, -0.2) is 0 Å². The molecule has 1 aromatic rings. The minimum atomic E-state index is -0.401. The lowest BCUT2D eigenvalue weighted by Gasteiger charge is -2.23. The Balaban J connectivity index is 1.96. The van der Waals surface area contributed by atoms with E-state index in [4.69, 9.17) is 0 Å². The van der Waals surface area contributed by atoms with Crippen molar-refractivity contribution in [3.63, 3.8) is 0 Å². The molecule has 2 saturated carbocycles. The SMILES string of the molecule is Cc1nn(C2CC3CCC2C3)c(C)c1C(C)O. The van der Waals surface area contributed by atoms with Gasteiger partial charge >= 0.3 is 0 Å². The highest BCUT2D eigenvalue weighted by molar-refractivity contribution is 5.27. The molecule has 3 heteroatoms. The van der Waals surface area contributed by atoms with Crippen LogP contribution in [0.1, 0.15) is 61.7 Å². The van der Waals surface area contributed by atoms with Crippen LogP contribution in [0.2, 0.25) is 0 Å². The Labute approximate surface area is 103 Å². The predicted octanol–water partition coefficient (Wildman–Crippen LogP) is 2.91. The van der Waals surface area contributed by atoms with E-state index in [0.717, 1.165) is 23.1 Å². The molecule has 0 aromatic carbocycles. The number of hydrogen-bond acceptors (Lipinski definition) is 2. The first-order chi connectivity index (χ1) is 8.08. The first-order valence-electron chi connectivity index (χ1n) is 6.81. The second-order valence-corrected chi connectivity index (χ2v) is 5.95. The van der Waals surface area contributed by atoms with Crippen molar-refractivity contribution >= 4 is 0 Å². The van der Waals surface area contributed by atoms with Gasteiger partial charge in [0.2, 0.25) is 0 Å². The highest BCUT2D eigenvalue weighted by Crippen LogP contribution is 2.51. The van der Waals surface area contributed by atoms with Crippen LogP contribution in [0.4, 0.5) is 0 Å². The van der Waals surface area contributed by atoms with Crippen LogP contribution in [0.25, 0.3) is 0 Å². The molecule has 1 N–H and O–H groups in total. The first-order valence-corrected chi connectivity index (χ1v) is 6.81. The van der Waals surface area contributed by atoms with Gasteiger partial charge in [0.25, 0.3) is 0 Å². The van der Waals surface area contributed by atoms with Crippen molar-refractivity contribution in [3.8, 4) is 0 Å². The molecule has 2 bridgehead atoms. The fraction of sp³-hybridized carbons (Fsp3) is 0.786. The third-order valence-electron chi connectivity index (χ3n) is 4.81. The number of aliphatic hydroxyl groups is 1. The van der Waals surface area contributed by atoms with Crippen LogP contribution < -0.4 is 0 Å². The average Bonchev–Trinajstić information content (AvgIpc) is 2.91. The molecule has 94 valence electrons. The van der Waals surface area contributed by atoms with Gasteiger partial charge in [-0.3, -0.25) is 4.68 Å². The number of nitrogens with zero attached hydrogens (tertiary/aromatic N) is 2. The van der Waals surface area contributed by atoms with Gasteiger partial charge in [-0.2, -0.15) is 5.10 Å². The van der Waals surface area contributed by atoms with Crippen LogP contribution in [-0.2, 0) is 0 Å². The molecule has 4 atom stereocenters. The second-order valence-electron chi connectivity index (χ2n) is 5.95. The predicted molar refractivity (Wildman–Crippen MR) is 66.8 cm³/mol. The van der Waals surface area contributed by atoms with Crippen molar-refractivity contribution in [2.75, 3.05) is 0 Å². The summed E-state index contributed by atoms with van der Waals surface area (Å²) >= 11 is 0. The van der Waals surface area contributed by atoms with Gasteiger partial charge in [-0.15, -0.1) is 0 Å². The monoisotopic (exact) mass is 234 g/mol. The summed E-state index contributed by atoms with van der Waals surface area (Å²) in [5, 5.41) is 14.5. The molecular formula is C14H22N2O. The molecule has 0 saturated heterocycles. The van der Waals surface area contributed by atoms with Crippen molar-refractivity contribution in [2.45, 2.75) is 58.6 Å². The Morgan fingerprint density at radius 1 is 1.29 bits per heavy atom. The van der Waals surface area contributed by atoms with E-state index in [1.165, 1.54) is 31.4 Å². The highest BCUT2D eigenvalue weighted by atomic mass is 16.3. The zero-order chi connectivity index (χ0) is 12.2. The lowest BCUT2D eigenvalue weighted by molar-refractivity contribution is 0.197. The van der Waals surface area contributed by atoms with Gasteiger partial charge in [0.15, 0.2) is 0 Å². The minimum Gasteiger partial charge on any atom is -0.389 e. The molecule has 0 amide bonds. The minimum absolute atomic E-state index is 0.401. The van der Waals surface area contributed by atoms with Crippen molar-refractivity contribution in [1.29, 1.82) is 0 Å². The van der Waals surface area contributed by atoms with E-state index in [0.29, 0.717) is 6.04 Å². The Kier molecular flexibility index (Phi) is 2.54. The summed E-state index contributed by atoms with van der Waals surface area (Å²) in [5.74, 6) is 1.77. The smallest absolute Gasteiger partial charge is 0.0797 e. The quantitative estimate of drug-likeness (QED) is 0.854. The van der Waals surface area contributed by atoms with Gasteiger partial charge in [-0.1, -0.05) is 6.42 Å². The van der Waals surface area contributed by atoms with Crippen molar-refractivity contribution in [3.05, 3.63) is 17.0 Å². The van der Waals surface area contributed by atoms with E-state index in [1.807, 2.05) is 13.8 Å². The van der Waals surface area contributed by atoms with Crippen molar-refractivity contribution in [2.24, 2.45) is 11.8 Å². The van der Waals surface area contributed by atoms with Crippen molar-refractivity contribution in [1.82, 2.24) is 9.78 Å². The van der Waals surface area contributed by atoms with E-state index >= 15 is 0 Å². The van der Waals surface area contributed by atoms with Crippen LogP contribution in [-0.4, -0.2) is 14.9 Å². The van der Waals surface area contributed by atoms with Crippen LogP contribution in [0.5, 0.6) is 0 Å². The van der Waals surface area contributed by atoms with Gasteiger partial charge in [0.05, 0.1) is 17.8 Å². The Hall–Kier alpha value is -0.830. The standard InChI is InChI=1S/C14H22N2O/c1-8-14(10(3)17)9(2)16(15-8)13-7-11-4-5-12(13)6-11/h10-13,17H,4-7H2,1-3H3. The first kappa shape index (κ1) is 11.3. The molecule has 2 fully saturated rings. The maximum atomic E-state index is 9.82. The average molecular weight is 234 g/mol. The number of aryl methyl sites for hydroxylation is 1. The van der Waals surface area contributed by atoms with Gasteiger partial charge in [0.1, 0.15) is 0 Å². The van der Waals surface area contributed by atoms with Crippen LogP contribution in [0.15, 0.2) is 0 Å². The highest BCUT2D eigenvalue weighted by Gasteiger charge is 2.41. The fourth-order valence-corrected chi connectivity index (χ4v) is 4.11. The lowest BCUT2D eigenvalue weighted by atomic mass is 9.95. The van der Waals surface area contributed by atoms with E-state index in [1.54, 1.807) is 0 Å². The molecule has 1 aromatic heterocycles. The number of rotatable bonds is 2. The fourth-order valence-electron chi connectivity index (χ4n) is 4.11. The Morgan fingerprint density at radius 3 is 2.53 bits per heavy atom. The normalized spacial score (nSPS) is 33.3. The van der Waals surface area contributed by atoms with E-state index in [-0.39, 0.29) is 0 Å². The third-order valence-corrected chi connectivity index (χ3v) is 4.81. The van der Waals surface area contributed by atoms with Gasteiger partial charge < -0.3 is 5.11 Å². The molecule has 4 unspecified atom stereocenters. The molecule has 0 radical (unpaired) electrons. The summed E-state index contributed by atoms with van der Waals surface area (Å²) in [6.45, 7) is 5.95. The topological polar surface area (TPSA) is 38.0 Å². The second kappa shape index (κ2) is 3.84. The number of hydrogen-bond donors (Lipinski definition) is 1. The summed E-state index contributed by atoms with van der Waals surface area (Å²) in [7, 11) is 0. The molecule has 2 aliphatic carbocycles. The van der Waals surface area contributed by atoms with Gasteiger partial charge in [0, 0.05) is 11.3 Å². The number of aromatic nitrogens is 2. The summed E-state index contributed by atoms with van der Waals surface area (Å²) in [6, 6.07) is 0.597. The summed E-state index contributed by atoms with van der Waals surface area (Å²) in [5.41, 5.74) is 3.21. The van der Waals surface area contributed by atoms with Crippen LogP contribution >= 0.6 is 0 Å². The van der Waals surface area contributed by atoms with E-state index in [9.17, 15) is 5.11 Å². The number of fused-ring (bicyclic) bond motifs is 2. The molecular weight excluding hydrogens is 212 g/mol. The van der Waals surface area contributed by atoms with Crippen LogP contribution in [0, 0.1) is 25.7 Å². The largest absolute Gasteiger partial charge is 0.389 e. The lowest BCUT2D eigenvalue weighted by Crippen LogP contribution is -2.18. The van der Waals surface area contributed by atoms with Gasteiger partial charge in [-0.05, 0) is 51.9 Å². The molecule has 17 heavy (non-hydrogen) atoms. The molecule has 2 aliphatic rings. The molecule has 3 rings (SSSR count). The summed E-state index contributed by atoms with van der Waals surface area (Å²) in [4.78, 5) is 0. The van der Waals surface area contributed by atoms with Crippen LogP contribution in [0.3, 0.4) is 0 Å². The number of aliphatic hydroxyl groups excluding tert-OH is 1. The Bertz CT molecular complexity index is 436. The maximum Gasteiger partial charge on any atom is 0.0797 e. The molecule has 0 aliphatic heterocycles. The molecule has 0 spiro atoms. The van der Waals surface area contributed by atoms with Crippen molar-refractivity contribution < 1.29 is 5.11 Å². The van der Waals surface area contributed by atoms with E-state index < -0.39 is 6.10 Å². The summed E-state index contributed by atoms with van der Waals surface area (Å²) in [6.07, 6.45) is 5.09. The maximum absolute atomic E-state index is 9.82. The third kappa shape index (κ3) is 1.63. The zero-order valence-corrected chi connectivity index (χ0v) is 11.0. The molecule has 3 nitrogen and oxygen atoms in total.